The van der Waals surface area contributed by atoms with Gasteiger partial charge in [0.05, 0.1) is 40.6 Å². The molecule has 0 aliphatic rings. The van der Waals surface area contributed by atoms with Gasteiger partial charge in [-0.1, -0.05) is 13.8 Å². The van der Waals surface area contributed by atoms with Crippen LogP contribution in [0.15, 0.2) is 12.1 Å². The smallest absolute Gasteiger partial charge is 0.243 e. The Morgan fingerprint density at radius 2 is 2.04 bits per heavy atom. The van der Waals surface area contributed by atoms with Gasteiger partial charge in [-0.2, -0.15) is 0 Å². The number of hydrogen-bond donors (Lipinski definition) is 3. The first-order valence-electron chi connectivity index (χ1n) is 7.60. The van der Waals surface area contributed by atoms with Gasteiger partial charge in [0.1, 0.15) is 5.75 Å². The Bertz CT molecular complexity index is 763. The van der Waals surface area contributed by atoms with Crippen molar-refractivity contribution in [2.75, 3.05) is 19.0 Å². The molecule has 0 saturated carbocycles. The Hall–Kier alpha value is -1.90. The molecular weight excluding hydrogens is 364 g/mol. The van der Waals surface area contributed by atoms with Gasteiger partial charge in [0.25, 0.3) is 0 Å². The minimum absolute atomic E-state index is 0. The highest BCUT2D eigenvalue weighted by atomic mass is 35.5. The zero-order valence-corrected chi connectivity index (χ0v) is 16.2. The van der Waals surface area contributed by atoms with E-state index < -0.39 is 6.04 Å². The number of nitrogens with one attached hydrogen (secondary N) is 2. The third-order valence-electron chi connectivity index (χ3n) is 3.53. The highest BCUT2D eigenvalue weighted by molar-refractivity contribution is 7.18. The van der Waals surface area contributed by atoms with E-state index >= 15 is 0 Å². The van der Waals surface area contributed by atoms with Crippen LogP contribution in [0.1, 0.15) is 18.9 Å². The summed E-state index contributed by atoms with van der Waals surface area (Å²) in [4.78, 5) is 28.3. The Morgan fingerprint density at radius 3 is 2.64 bits per heavy atom. The summed E-state index contributed by atoms with van der Waals surface area (Å²) in [5, 5.41) is 6.22. The number of aryl methyl sites for hydroxylation is 1. The fourth-order valence-corrected chi connectivity index (χ4v) is 2.97. The van der Waals surface area contributed by atoms with Crippen molar-refractivity contribution in [1.29, 1.82) is 0 Å². The summed E-state index contributed by atoms with van der Waals surface area (Å²) in [7, 11) is 1.53. The SMILES string of the molecule is COc1cc2nc(C)sc2cc1NC(=O)CNC(=O)[C@@H](N)C(C)C.Cl. The topological polar surface area (TPSA) is 106 Å². The summed E-state index contributed by atoms with van der Waals surface area (Å²) in [5.74, 6) is -0.171. The summed E-state index contributed by atoms with van der Waals surface area (Å²) in [6.07, 6.45) is 0. The van der Waals surface area contributed by atoms with Crippen molar-refractivity contribution < 1.29 is 14.3 Å². The van der Waals surface area contributed by atoms with Gasteiger partial charge in [-0.25, -0.2) is 4.98 Å². The molecule has 1 atom stereocenters. The lowest BCUT2D eigenvalue weighted by molar-refractivity contribution is -0.125. The average molecular weight is 387 g/mol. The molecule has 0 spiro atoms. The number of amides is 2. The van der Waals surface area contributed by atoms with Gasteiger partial charge in [-0.3, -0.25) is 9.59 Å². The minimum Gasteiger partial charge on any atom is -0.494 e. The number of thiazole rings is 1. The molecule has 7 nitrogen and oxygen atoms in total. The maximum absolute atomic E-state index is 12.1. The molecule has 9 heteroatoms. The van der Waals surface area contributed by atoms with Crippen molar-refractivity contribution >= 4 is 51.5 Å². The fraction of sp³-hybridized carbons (Fsp3) is 0.438. The Morgan fingerprint density at radius 1 is 1.36 bits per heavy atom. The van der Waals surface area contributed by atoms with Crippen molar-refractivity contribution in [3.05, 3.63) is 17.1 Å². The number of rotatable bonds is 6. The monoisotopic (exact) mass is 386 g/mol. The first kappa shape index (κ1) is 21.1. The zero-order valence-electron chi connectivity index (χ0n) is 14.6. The van der Waals surface area contributed by atoms with Crippen LogP contribution in [0.25, 0.3) is 10.2 Å². The normalized spacial score (nSPS) is 11.8. The summed E-state index contributed by atoms with van der Waals surface area (Å²) >= 11 is 1.53. The van der Waals surface area contributed by atoms with Gasteiger partial charge in [0, 0.05) is 6.07 Å². The van der Waals surface area contributed by atoms with Crippen LogP contribution in [-0.4, -0.2) is 36.5 Å². The molecule has 1 aromatic carbocycles. The number of aromatic nitrogens is 1. The number of benzene rings is 1. The van der Waals surface area contributed by atoms with E-state index in [4.69, 9.17) is 10.5 Å². The molecule has 1 heterocycles. The van der Waals surface area contributed by atoms with Crippen LogP contribution in [0, 0.1) is 12.8 Å². The second-order valence-electron chi connectivity index (χ2n) is 5.79. The molecule has 2 rings (SSSR count). The number of ether oxygens (including phenoxy) is 1. The molecule has 0 aliphatic carbocycles. The number of fused-ring (bicyclic) bond motifs is 1. The number of halogens is 1. The number of carbonyl (C=O) groups excluding carboxylic acids is 2. The molecule has 2 amide bonds. The third-order valence-corrected chi connectivity index (χ3v) is 4.47. The van der Waals surface area contributed by atoms with E-state index in [-0.39, 0.29) is 36.7 Å². The van der Waals surface area contributed by atoms with Crippen LogP contribution in [0.3, 0.4) is 0 Å². The van der Waals surface area contributed by atoms with Crippen molar-refractivity contribution in [2.24, 2.45) is 11.7 Å². The molecule has 0 bridgehead atoms. The predicted octanol–water partition coefficient (Wildman–Crippen LogP) is 2.07. The van der Waals surface area contributed by atoms with E-state index in [0.29, 0.717) is 11.4 Å². The Labute approximate surface area is 156 Å². The molecule has 0 fully saturated rings. The Balaban J connectivity index is 0.00000312. The van der Waals surface area contributed by atoms with E-state index in [2.05, 4.69) is 15.6 Å². The summed E-state index contributed by atoms with van der Waals surface area (Å²) in [6.45, 7) is 5.47. The minimum atomic E-state index is -0.635. The molecule has 0 radical (unpaired) electrons. The van der Waals surface area contributed by atoms with Crippen molar-refractivity contribution in [1.82, 2.24) is 10.3 Å². The van der Waals surface area contributed by atoms with E-state index in [1.807, 2.05) is 26.8 Å². The highest BCUT2D eigenvalue weighted by Crippen LogP contribution is 2.32. The van der Waals surface area contributed by atoms with Gasteiger partial charge in [-0.15, -0.1) is 23.7 Å². The highest BCUT2D eigenvalue weighted by Gasteiger charge is 2.18. The fourth-order valence-electron chi connectivity index (χ4n) is 2.12. The molecule has 2 aromatic rings. The van der Waals surface area contributed by atoms with Gasteiger partial charge in [0.15, 0.2) is 0 Å². The van der Waals surface area contributed by atoms with Gasteiger partial charge < -0.3 is 21.1 Å². The maximum Gasteiger partial charge on any atom is 0.243 e. The molecular formula is C16H23ClN4O3S. The standard InChI is InChI=1S/C16H22N4O3S.ClH/c1-8(2)15(17)16(22)18-7-14(21)20-10-6-13-11(5-12(10)23-4)19-9(3)24-13;/h5-6,8,15H,7,17H2,1-4H3,(H,18,22)(H,20,21);1H/t15-;/m0./s1. The molecule has 1 aromatic heterocycles. The second-order valence-corrected chi connectivity index (χ2v) is 7.02. The molecule has 0 saturated heterocycles. The van der Waals surface area contributed by atoms with Gasteiger partial charge >= 0.3 is 0 Å². The lowest BCUT2D eigenvalue weighted by atomic mass is 10.1. The summed E-state index contributed by atoms with van der Waals surface area (Å²) < 4.78 is 6.25. The van der Waals surface area contributed by atoms with E-state index in [1.165, 1.54) is 18.4 Å². The average Bonchev–Trinajstić information content (AvgIpc) is 2.89. The molecule has 25 heavy (non-hydrogen) atoms. The molecule has 0 unspecified atom stereocenters. The van der Waals surface area contributed by atoms with Gasteiger partial charge in [0.2, 0.25) is 11.8 Å². The first-order valence-corrected chi connectivity index (χ1v) is 8.41. The largest absolute Gasteiger partial charge is 0.494 e. The van der Waals surface area contributed by atoms with Crippen LogP contribution >= 0.6 is 23.7 Å². The van der Waals surface area contributed by atoms with Crippen LogP contribution in [-0.2, 0) is 9.59 Å². The van der Waals surface area contributed by atoms with E-state index in [0.717, 1.165) is 15.2 Å². The quantitative estimate of drug-likeness (QED) is 0.704. The number of anilines is 1. The molecule has 0 aliphatic heterocycles. The van der Waals surface area contributed by atoms with E-state index in [9.17, 15) is 9.59 Å². The number of nitrogens with zero attached hydrogens (tertiary/aromatic N) is 1. The lowest BCUT2D eigenvalue weighted by Crippen LogP contribution is -2.46. The zero-order chi connectivity index (χ0) is 17.9. The van der Waals surface area contributed by atoms with Crippen LogP contribution < -0.4 is 21.1 Å². The number of hydrogen-bond acceptors (Lipinski definition) is 6. The lowest BCUT2D eigenvalue weighted by Gasteiger charge is -2.15. The van der Waals surface area contributed by atoms with E-state index in [1.54, 1.807) is 6.07 Å². The summed E-state index contributed by atoms with van der Waals surface area (Å²) in [6, 6.07) is 2.96. The van der Waals surface area contributed by atoms with Crippen molar-refractivity contribution in [3.8, 4) is 5.75 Å². The molecule has 138 valence electrons. The second kappa shape index (κ2) is 8.98. The van der Waals surface area contributed by atoms with Crippen molar-refractivity contribution in [3.63, 3.8) is 0 Å². The number of carbonyl (C=O) groups is 2. The summed E-state index contributed by atoms with van der Waals surface area (Å²) in [5.41, 5.74) is 7.11. The molecule has 4 N–H and O–H groups in total. The number of methoxy groups -OCH3 is 1. The van der Waals surface area contributed by atoms with Gasteiger partial charge in [-0.05, 0) is 18.9 Å². The number of nitrogens with two attached hydrogens (primary N) is 1. The van der Waals surface area contributed by atoms with Crippen LogP contribution in [0.4, 0.5) is 5.69 Å². The van der Waals surface area contributed by atoms with Crippen LogP contribution in [0.5, 0.6) is 5.75 Å². The third kappa shape index (κ3) is 5.29. The maximum atomic E-state index is 12.1. The first-order chi connectivity index (χ1) is 11.3. The van der Waals surface area contributed by atoms with Crippen molar-refractivity contribution in [2.45, 2.75) is 26.8 Å². The predicted molar refractivity (Wildman–Crippen MR) is 103 cm³/mol. The van der Waals surface area contributed by atoms with Crippen LogP contribution in [0.2, 0.25) is 0 Å². The Kier molecular flexibility index (Phi) is 7.60.